The number of hydrogen-bond donors (Lipinski definition) is 1. The Kier molecular flexibility index (Phi) is 4.45. The number of carboxylic acid groups (broad SMARTS) is 1. The summed E-state index contributed by atoms with van der Waals surface area (Å²) in [6, 6.07) is 5.46. The van der Waals surface area contributed by atoms with Gasteiger partial charge in [0, 0.05) is 25.3 Å². The fourth-order valence-electron chi connectivity index (χ4n) is 2.66. The maximum absolute atomic E-state index is 13.0. The number of likely N-dealkylation sites (tertiary alicyclic amines) is 1. The number of carbonyl (C=O) groups is 2. The smallest absolute Gasteiger partial charge is 0.324 e. The van der Waals surface area contributed by atoms with Crippen LogP contribution in [0.4, 0.5) is 14.9 Å². The minimum Gasteiger partial charge on any atom is -0.481 e. The van der Waals surface area contributed by atoms with Gasteiger partial charge in [-0.05, 0) is 37.1 Å². The number of nitrogens with zero attached hydrogens (tertiary/aromatic N) is 2. The number of rotatable bonds is 3. The number of anilines is 1. The molecule has 2 rings (SSSR count). The van der Waals surface area contributed by atoms with Crippen molar-refractivity contribution in [1.82, 2.24) is 4.90 Å². The maximum Gasteiger partial charge on any atom is 0.324 e. The minimum absolute atomic E-state index is 0.0710. The molecule has 6 heteroatoms. The summed E-state index contributed by atoms with van der Waals surface area (Å²) in [6.07, 6.45) is 0. The highest BCUT2D eigenvalue weighted by Gasteiger charge is 2.38. The van der Waals surface area contributed by atoms with E-state index >= 15 is 0 Å². The molecule has 1 N–H and O–H groups in total. The zero-order chi connectivity index (χ0) is 15.6. The van der Waals surface area contributed by atoms with Crippen LogP contribution in [-0.2, 0) is 4.79 Å². The second kappa shape index (κ2) is 6.11. The Bertz CT molecular complexity index is 532. The number of benzene rings is 1. The van der Waals surface area contributed by atoms with Crippen LogP contribution < -0.4 is 4.90 Å². The molecule has 1 aromatic rings. The highest BCUT2D eigenvalue weighted by molar-refractivity contribution is 5.92. The van der Waals surface area contributed by atoms with Gasteiger partial charge in [-0.25, -0.2) is 9.18 Å². The number of urea groups is 1. The molecule has 5 nitrogen and oxygen atoms in total. The van der Waals surface area contributed by atoms with E-state index in [2.05, 4.69) is 0 Å². The molecule has 1 aromatic carbocycles. The van der Waals surface area contributed by atoms with Crippen LogP contribution in [0.25, 0.3) is 0 Å². The zero-order valence-electron chi connectivity index (χ0n) is 12.1. The first-order valence-electron chi connectivity index (χ1n) is 6.98. The summed E-state index contributed by atoms with van der Waals surface area (Å²) in [4.78, 5) is 26.8. The molecule has 0 radical (unpaired) electrons. The second-order valence-electron chi connectivity index (χ2n) is 5.33. The molecule has 2 unspecified atom stereocenters. The molecular weight excluding hydrogens is 275 g/mol. The molecule has 0 bridgehead atoms. The number of amides is 2. The Morgan fingerprint density at radius 2 is 1.95 bits per heavy atom. The van der Waals surface area contributed by atoms with Gasteiger partial charge in [0.15, 0.2) is 0 Å². The van der Waals surface area contributed by atoms with Gasteiger partial charge in [-0.15, -0.1) is 0 Å². The van der Waals surface area contributed by atoms with Gasteiger partial charge in [0.2, 0.25) is 0 Å². The van der Waals surface area contributed by atoms with Gasteiger partial charge in [-0.2, -0.15) is 0 Å². The normalized spacial score (nSPS) is 21.4. The zero-order valence-corrected chi connectivity index (χ0v) is 12.1. The SMILES string of the molecule is CCN(C(=O)N1CC(C)C(C(=O)O)C1)c1ccc(F)cc1. The lowest BCUT2D eigenvalue weighted by molar-refractivity contribution is -0.142. The maximum atomic E-state index is 13.0. The van der Waals surface area contributed by atoms with E-state index in [1.165, 1.54) is 17.0 Å². The standard InChI is InChI=1S/C15H19FN2O3/c1-3-18(12-6-4-11(16)5-7-12)15(21)17-8-10(2)13(9-17)14(19)20/h4-7,10,13H,3,8-9H2,1-2H3,(H,19,20). The van der Waals surface area contributed by atoms with Gasteiger partial charge in [0.25, 0.3) is 0 Å². The number of hydrogen-bond acceptors (Lipinski definition) is 2. The molecule has 1 aliphatic rings. The highest BCUT2D eigenvalue weighted by atomic mass is 19.1. The van der Waals surface area contributed by atoms with Crippen LogP contribution >= 0.6 is 0 Å². The van der Waals surface area contributed by atoms with Gasteiger partial charge in [0.05, 0.1) is 5.92 Å². The van der Waals surface area contributed by atoms with Crippen LogP contribution in [0.1, 0.15) is 13.8 Å². The first kappa shape index (κ1) is 15.3. The van der Waals surface area contributed by atoms with E-state index in [4.69, 9.17) is 5.11 Å². The fraction of sp³-hybridized carbons (Fsp3) is 0.467. The molecule has 2 atom stereocenters. The van der Waals surface area contributed by atoms with E-state index in [1.807, 2.05) is 13.8 Å². The van der Waals surface area contributed by atoms with Crippen molar-refractivity contribution in [2.45, 2.75) is 13.8 Å². The molecule has 0 aromatic heterocycles. The summed E-state index contributed by atoms with van der Waals surface area (Å²) in [5.74, 6) is -1.83. The minimum atomic E-state index is -0.873. The van der Waals surface area contributed by atoms with Crippen molar-refractivity contribution in [3.63, 3.8) is 0 Å². The van der Waals surface area contributed by atoms with E-state index < -0.39 is 11.9 Å². The lowest BCUT2D eigenvalue weighted by Gasteiger charge is -2.27. The van der Waals surface area contributed by atoms with Crippen molar-refractivity contribution >= 4 is 17.7 Å². The van der Waals surface area contributed by atoms with Gasteiger partial charge in [0.1, 0.15) is 5.82 Å². The van der Waals surface area contributed by atoms with E-state index in [0.29, 0.717) is 18.8 Å². The molecule has 2 amide bonds. The monoisotopic (exact) mass is 294 g/mol. The topological polar surface area (TPSA) is 60.9 Å². The quantitative estimate of drug-likeness (QED) is 0.931. The summed E-state index contributed by atoms with van der Waals surface area (Å²) in [6.45, 7) is 4.74. The van der Waals surface area contributed by atoms with E-state index in [9.17, 15) is 14.0 Å². The second-order valence-corrected chi connectivity index (χ2v) is 5.33. The Hall–Kier alpha value is -2.11. The predicted molar refractivity (Wildman–Crippen MR) is 76.7 cm³/mol. The van der Waals surface area contributed by atoms with Crippen LogP contribution in [0.3, 0.4) is 0 Å². The molecule has 1 heterocycles. The molecule has 0 aliphatic carbocycles. The van der Waals surface area contributed by atoms with Crippen molar-refractivity contribution in [3.8, 4) is 0 Å². The third-order valence-corrected chi connectivity index (χ3v) is 3.89. The van der Waals surface area contributed by atoms with Gasteiger partial charge >= 0.3 is 12.0 Å². The molecule has 21 heavy (non-hydrogen) atoms. The van der Waals surface area contributed by atoms with E-state index in [0.717, 1.165) is 0 Å². The lowest BCUT2D eigenvalue weighted by atomic mass is 9.99. The van der Waals surface area contributed by atoms with Gasteiger partial charge in [-0.1, -0.05) is 6.92 Å². The average molecular weight is 294 g/mol. The van der Waals surface area contributed by atoms with Crippen molar-refractivity contribution < 1.29 is 19.1 Å². The number of halogens is 1. The third kappa shape index (κ3) is 3.15. The molecule has 1 saturated heterocycles. The first-order chi connectivity index (χ1) is 9.93. The Morgan fingerprint density at radius 1 is 1.33 bits per heavy atom. The molecule has 1 fully saturated rings. The number of aliphatic carboxylic acids is 1. The summed E-state index contributed by atoms with van der Waals surface area (Å²) < 4.78 is 13.0. The summed E-state index contributed by atoms with van der Waals surface area (Å²) >= 11 is 0. The van der Waals surface area contributed by atoms with E-state index in [-0.39, 0.29) is 24.3 Å². The van der Waals surface area contributed by atoms with Gasteiger partial charge in [-0.3, -0.25) is 9.69 Å². The number of carbonyl (C=O) groups excluding carboxylic acids is 1. The Labute approximate surface area is 123 Å². The van der Waals surface area contributed by atoms with Crippen molar-refractivity contribution in [2.24, 2.45) is 11.8 Å². The summed E-state index contributed by atoms with van der Waals surface area (Å²) in [5, 5.41) is 9.13. The van der Waals surface area contributed by atoms with E-state index in [1.54, 1.807) is 17.0 Å². The Morgan fingerprint density at radius 3 is 2.43 bits per heavy atom. The molecule has 1 aliphatic heterocycles. The molecule has 0 spiro atoms. The summed E-state index contributed by atoms with van der Waals surface area (Å²) in [7, 11) is 0. The molecular formula is C15H19FN2O3. The van der Waals surface area contributed by atoms with Crippen LogP contribution in [-0.4, -0.2) is 41.6 Å². The van der Waals surface area contributed by atoms with Gasteiger partial charge < -0.3 is 10.0 Å². The Balaban J connectivity index is 2.14. The fourth-order valence-corrected chi connectivity index (χ4v) is 2.66. The van der Waals surface area contributed by atoms with Crippen LogP contribution in [0.2, 0.25) is 0 Å². The predicted octanol–water partition coefficient (Wildman–Crippen LogP) is 2.42. The largest absolute Gasteiger partial charge is 0.481 e. The van der Waals surface area contributed by atoms with Crippen molar-refractivity contribution in [1.29, 1.82) is 0 Å². The third-order valence-electron chi connectivity index (χ3n) is 3.89. The highest BCUT2D eigenvalue weighted by Crippen LogP contribution is 2.26. The first-order valence-corrected chi connectivity index (χ1v) is 6.98. The van der Waals surface area contributed by atoms with Crippen molar-refractivity contribution in [3.05, 3.63) is 30.1 Å². The van der Waals surface area contributed by atoms with Crippen LogP contribution in [0, 0.1) is 17.7 Å². The number of carboxylic acids is 1. The lowest BCUT2D eigenvalue weighted by Crippen LogP contribution is -2.42. The summed E-state index contributed by atoms with van der Waals surface area (Å²) in [5.41, 5.74) is 0.607. The molecule has 114 valence electrons. The van der Waals surface area contributed by atoms with Crippen LogP contribution in [0.15, 0.2) is 24.3 Å². The molecule has 0 saturated carbocycles. The van der Waals surface area contributed by atoms with Crippen molar-refractivity contribution in [2.75, 3.05) is 24.5 Å². The van der Waals surface area contributed by atoms with Crippen LogP contribution in [0.5, 0.6) is 0 Å². The average Bonchev–Trinajstić information content (AvgIpc) is 2.84.